The van der Waals surface area contributed by atoms with Gasteiger partial charge in [-0.15, -0.1) is 0 Å². The molecule has 0 saturated carbocycles. The van der Waals surface area contributed by atoms with Gasteiger partial charge in [0.25, 0.3) is 0 Å². The van der Waals surface area contributed by atoms with Crippen molar-refractivity contribution < 1.29 is 14.6 Å². The molecule has 0 radical (unpaired) electrons. The Bertz CT molecular complexity index is 673. The van der Waals surface area contributed by atoms with Crippen LogP contribution in [0.25, 0.3) is 11.6 Å². The highest BCUT2D eigenvalue weighted by atomic mass is 16.5. The van der Waals surface area contributed by atoms with Gasteiger partial charge in [-0.05, 0) is 47.9 Å². The zero-order valence-electron chi connectivity index (χ0n) is 13.2. The van der Waals surface area contributed by atoms with Gasteiger partial charge >= 0.3 is 5.97 Å². The van der Waals surface area contributed by atoms with Gasteiger partial charge in [0.15, 0.2) is 0 Å². The quantitative estimate of drug-likeness (QED) is 0.350. The molecule has 0 aliphatic heterocycles. The monoisotopic (exact) mass is 311 g/mol. The summed E-state index contributed by atoms with van der Waals surface area (Å²) in [6, 6.07) is 14.2. The zero-order chi connectivity index (χ0) is 16.7. The fraction of sp³-hybridized carbons (Fsp3) is 0.211. The number of rotatable bonds is 7. The Morgan fingerprint density at radius 2 is 1.78 bits per heavy atom. The SMILES string of the molecule is CCCCOc1ccc(C=C(C(=O)O)c2ccc(N)cc2)cc1. The number of unbranched alkanes of at least 4 members (excludes halogenated alkanes) is 1. The van der Waals surface area contributed by atoms with Crippen LogP contribution in [-0.2, 0) is 4.79 Å². The summed E-state index contributed by atoms with van der Waals surface area (Å²) in [7, 11) is 0. The Hall–Kier alpha value is -2.75. The minimum absolute atomic E-state index is 0.227. The molecule has 2 aromatic rings. The van der Waals surface area contributed by atoms with Crippen molar-refractivity contribution in [3.05, 3.63) is 59.7 Å². The lowest BCUT2D eigenvalue weighted by molar-refractivity contribution is -0.130. The molecular weight excluding hydrogens is 290 g/mol. The van der Waals surface area contributed by atoms with Gasteiger partial charge in [0, 0.05) is 5.69 Å². The molecule has 23 heavy (non-hydrogen) atoms. The fourth-order valence-corrected chi connectivity index (χ4v) is 2.09. The Kier molecular flexibility index (Phi) is 5.80. The van der Waals surface area contributed by atoms with Crippen LogP contribution < -0.4 is 10.5 Å². The number of carbonyl (C=O) groups is 1. The van der Waals surface area contributed by atoms with Crippen LogP contribution in [-0.4, -0.2) is 17.7 Å². The highest BCUT2D eigenvalue weighted by Gasteiger charge is 2.10. The number of aliphatic carboxylic acids is 1. The first-order valence-corrected chi connectivity index (χ1v) is 7.64. The van der Waals surface area contributed by atoms with E-state index < -0.39 is 5.97 Å². The van der Waals surface area contributed by atoms with Gasteiger partial charge in [0.1, 0.15) is 5.75 Å². The van der Waals surface area contributed by atoms with Crippen LogP contribution in [0, 0.1) is 0 Å². The summed E-state index contributed by atoms with van der Waals surface area (Å²) in [4.78, 5) is 11.5. The van der Waals surface area contributed by atoms with Crippen molar-refractivity contribution in [2.24, 2.45) is 0 Å². The highest BCUT2D eigenvalue weighted by Crippen LogP contribution is 2.21. The van der Waals surface area contributed by atoms with Crippen molar-refractivity contribution in [3.63, 3.8) is 0 Å². The lowest BCUT2D eigenvalue weighted by atomic mass is 10.0. The van der Waals surface area contributed by atoms with Crippen molar-refractivity contribution in [1.82, 2.24) is 0 Å². The number of carboxylic acid groups (broad SMARTS) is 1. The first-order chi connectivity index (χ1) is 11.1. The molecule has 0 atom stereocenters. The number of anilines is 1. The zero-order valence-corrected chi connectivity index (χ0v) is 13.2. The van der Waals surface area contributed by atoms with Crippen molar-refractivity contribution in [2.75, 3.05) is 12.3 Å². The minimum atomic E-state index is -0.974. The Balaban J connectivity index is 2.19. The third kappa shape index (κ3) is 4.88. The van der Waals surface area contributed by atoms with Crippen LogP contribution in [0.3, 0.4) is 0 Å². The number of nitrogens with two attached hydrogens (primary N) is 1. The van der Waals surface area contributed by atoms with Gasteiger partial charge in [0.2, 0.25) is 0 Å². The lowest BCUT2D eigenvalue weighted by Crippen LogP contribution is -2.00. The van der Waals surface area contributed by atoms with E-state index in [2.05, 4.69) is 6.92 Å². The van der Waals surface area contributed by atoms with E-state index in [1.807, 2.05) is 24.3 Å². The van der Waals surface area contributed by atoms with Crippen molar-refractivity contribution in [3.8, 4) is 5.75 Å². The molecule has 2 rings (SSSR count). The second-order valence-corrected chi connectivity index (χ2v) is 5.26. The summed E-state index contributed by atoms with van der Waals surface area (Å²) in [6.45, 7) is 2.80. The molecule has 0 fully saturated rings. The Morgan fingerprint density at radius 3 is 2.35 bits per heavy atom. The second kappa shape index (κ2) is 8.03. The van der Waals surface area contributed by atoms with E-state index in [1.165, 1.54) is 0 Å². The summed E-state index contributed by atoms with van der Waals surface area (Å²) in [5, 5.41) is 9.43. The summed E-state index contributed by atoms with van der Waals surface area (Å²) >= 11 is 0. The summed E-state index contributed by atoms with van der Waals surface area (Å²) in [5.74, 6) is -0.182. The van der Waals surface area contributed by atoms with E-state index in [9.17, 15) is 9.90 Å². The molecule has 120 valence electrons. The number of benzene rings is 2. The number of hydrogen-bond acceptors (Lipinski definition) is 3. The number of carboxylic acids is 1. The fourth-order valence-electron chi connectivity index (χ4n) is 2.09. The molecule has 0 saturated heterocycles. The largest absolute Gasteiger partial charge is 0.494 e. The van der Waals surface area contributed by atoms with E-state index in [-0.39, 0.29) is 5.57 Å². The second-order valence-electron chi connectivity index (χ2n) is 5.26. The third-order valence-electron chi connectivity index (χ3n) is 3.41. The topological polar surface area (TPSA) is 72.5 Å². The molecule has 0 aromatic heterocycles. The van der Waals surface area contributed by atoms with Crippen LogP contribution in [0.5, 0.6) is 5.75 Å². The first-order valence-electron chi connectivity index (χ1n) is 7.64. The van der Waals surface area contributed by atoms with E-state index in [0.717, 1.165) is 24.2 Å². The van der Waals surface area contributed by atoms with Crippen LogP contribution in [0.1, 0.15) is 30.9 Å². The predicted molar refractivity (Wildman–Crippen MR) is 93.2 cm³/mol. The van der Waals surface area contributed by atoms with Crippen LogP contribution >= 0.6 is 0 Å². The molecule has 0 heterocycles. The smallest absolute Gasteiger partial charge is 0.336 e. The van der Waals surface area contributed by atoms with E-state index in [4.69, 9.17) is 10.5 Å². The van der Waals surface area contributed by atoms with Gasteiger partial charge in [-0.2, -0.15) is 0 Å². The Labute approximate surface area is 136 Å². The van der Waals surface area contributed by atoms with E-state index in [0.29, 0.717) is 17.9 Å². The summed E-state index contributed by atoms with van der Waals surface area (Å²) in [6.07, 6.45) is 3.75. The predicted octanol–water partition coefficient (Wildman–Crippen LogP) is 4.07. The summed E-state index contributed by atoms with van der Waals surface area (Å²) < 4.78 is 5.60. The number of hydrogen-bond donors (Lipinski definition) is 2. The van der Waals surface area contributed by atoms with E-state index >= 15 is 0 Å². The van der Waals surface area contributed by atoms with Gasteiger partial charge < -0.3 is 15.6 Å². The molecule has 0 aliphatic carbocycles. The van der Waals surface area contributed by atoms with Gasteiger partial charge in [-0.25, -0.2) is 4.79 Å². The summed E-state index contributed by atoms with van der Waals surface area (Å²) in [5.41, 5.74) is 7.90. The third-order valence-corrected chi connectivity index (χ3v) is 3.41. The normalized spacial score (nSPS) is 11.3. The maximum Gasteiger partial charge on any atom is 0.336 e. The standard InChI is InChI=1S/C19H21NO3/c1-2-3-12-23-17-10-4-14(5-11-17)13-18(19(21)22)15-6-8-16(20)9-7-15/h4-11,13H,2-3,12,20H2,1H3,(H,21,22). The van der Waals surface area contributed by atoms with Gasteiger partial charge in [0.05, 0.1) is 12.2 Å². The van der Waals surface area contributed by atoms with Crippen LogP contribution in [0.4, 0.5) is 5.69 Å². The molecule has 3 N–H and O–H groups in total. The molecule has 0 spiro atoms. The van der Waals surface area contributed by atoms with Crippen LogP contribution in [0.2, 0.25) is 0 Å². The molecule has 0 aliphatic rings. The van der Waals surface area contributed by atoms with Crippen molar-refractivity contribution in [1.29, 1.82) is 0 Å². The molecule has 0 amide bonds. The number of nitrogen functional groups attached to an aromatic ring is 1. The average molecular weight is 311 g/mol. The Morgan fingerprint density at radius 1 is 1.13 bits per heavy atom. The van der Waals surface area contributed by atoms with E-state index in [1.54, 1.807) is 30.3 Å². The molecule has 4 nitrogen and oxygen atoms in total. The maximum absolute atomic E-state index is 11.5. The van der Waals surface area contributed by atoms with Crippen LogP contribution in [0.15, 0.2) is 48.5 Å². The number of ether oxygens (including phenoxy) is 1. The maximum atomic E-state index is 11.5. The molecule has 0 bridgehead atoms. The van der Waals surface area contributed by atoms with Gasteiger partial charge in [-0.1, -0.05) is 37.6 Å². The molecular formula is C19H21NO3. The first kappa shape index (κ1) is 16.6. The molecule has 4 heteroatoms. The molecule has 2 aromatic carbocycles. The van der Waals surface area contributed by atoms with Crippen molar-refractivity contribution in [2.45, 2.75) is 19.8 Å². The average Bonchev–Trinajstić information content (AvgIpc) is 2.55. The minimum Gasteiger partial charge on any atom is -0.494 e. The van der Waals surface area contributed by atoms with Gasteiger partial charge in [-0.3, -0.25) is 0 Å². The molecule has 0 unspecified atom stereocenters. The lowest BCUT2D eigenvalue weighted by Gasteiger charge is -2.06. The van der Waals surface area contributed by atoms with Crippen molar-refractivity contribution >= 4 is 23.3 Å². The highest BCUT2D eigenvalue weighted by molar-refractivity contribution is 6.20.